The van der Waals surface area contributed by atoms with E-state index in [4.69, 9.17) is 4.74 Å². The highest BCUT2D eigenvalue weighted by Gasteiger charge is 2.38. The van der Waals surface area contributed by atoms with E-state index >= 15 is 0 Å². The molecule has 2 heterocycles. The van der Waals surface area contributed by atoms with Crippen LogP contribution in [-0.4, -0.2) is 50.3 Å². The second-order valence-corrected chi connectivity index (χ2v) is 8.78. The number of likely N-dealkylation sites (tertiary alicyclic amines) is 1. The molecule has 2 aliphatic rings. The summed E-state index contributed by atoms with van der Waals surface area (Å²) in [5.74, 6) is 0.845. The number of hydrogen-bond acceptors (Lipinski definition) is 3. The Balaban J connectivity index is 1.93. The third-order valence-corrected chi connectivity index (χ3v) is 5.35. The van der Waals surface area contributed by atoms with Crippen molar-refractivity contribution in [2.75, 3.05) is 39.4 Å². The molecule has 0 aromatic rings. The Morgan fingerprint density at radius 3 is 2.62 bits per heavy atom. The van der Waals surface area contributed by atoms with Gasteiger partial charge in [0.1, 0.15) is 0 Å². The molecule has 2 rings (SSSR count). The van der Waals surface area contributed by atoms with Crippen molar-refractivity contribution in [2.45, 2.75) is 59.9 Å². The van der Waals surface area contributed by atoms with Crippen molar-refractivity contribution >= 4 is 0 Å². The van der Waals surface area contributed by atoms with Crippen LogP contribution in [0.4, 0.5) is 0 Å². The molecule has 0 aromatic heterocycles. The van der Waals surface area contributed by atoms with Gasteiger partial charge in [0.25, 0.3) is 0 Å². The molecule has 0 aromatic carbocycles. The molecule has 21 heavy (non-hydrogen) atoms. The maximum atomic E-state index is 5.86. The number of nitrogens with zero attached hydrogens (tertiary/aromatic N) is 1. The lowest BCUT2D eigenvalue weighted by molar-refractivity contribution is -0.0249. The standard InChI is InChI=1S/C18H36N2O/c1-15(2)19-12-18(8-6-10-21-14-18)13-20-9-7-16(11-20)17(3,4)5/h15-16,19H,6-14H2,1-5H3. The van der Waals surface area contributed by atoms with E-state index in [-0.39, 0.29) is 0 Å². The van der Waals surface area contributed by atoms with Gasteiger partial charge in [0.2, 0.25) is 0 Å². The lowest BCUT2D eigenvalue weighted by atomic mass is 9.80. The highest BCUT2D eigenvalue weighted by Crippen LogP contribution is 2.36. The first-order valence-electron chi connectivity index (χ1n) is 8.84. The van der Waals surface area contributed by atoms with Gasteiger partial charge in [-0.3, -0.25) is 0 Å². The molecule has 2 saturated heterocycles. The Hall–Kier alpha value is -0.120. The molecule has 2 unspecified atom stereocenters. The Morgan fingerprint density at radius 1 is 1.33 bits per heavy atom. The molecule has 0 aliphatic carbocycles. The number of ether oxygens (including phenoxy) is 1. The molecular weight excluding hydrogens is 260 g/mol. The number of rotatable bonds is 5. The molecule has 3 nitrogen and oxygen atoms in total. The maximum absolute atomic E-state index is 5.86. The van der Waals surface area contributed by atoms with Crippen LogP contribution in [0.2, 0.25) is 0 Å². The first kappa shape index (κ1) is 17.2. The number of hydrogen-bond donors (Lipinski definition) is 1. The summed E-state index contributed by atoms with van der Waals surface area (Å²) >= 11 is 0. The minimum atomic E-state index is 0.329. The molecule has 0 spiro atoms. The Labute approximate surface area is 131 Å². The Kier molecular flexibility index (Phi) is 5.72. The molecule has 3 heteroatoms. The van der Waals surface area contributed by atoms with Crippen molar-refractivity contribution in [3.8, 4) is 0 Å². The normalized spacial score (nSPS) is 32.0. The largest absolute Gasteiger partial charge is 0.381 e. The van der Waals surface area contributed by atoms with Crippen LogP contribution in [-0.2, 0) is 4.74 Å². The van der Waals surface area contributed by atoms with Gasteiger partial charge in [0.15, 0.2) is 0 Å². The Morgan fingerprint density at radius 2 is 2.10 bits per heavy atom. The summed E-state index contributed by atoms with van der Waals surface area (Å²) in [5, 5.41) is 3.66. The van der Waals surface area contributed by atoms with Gasteiger partial charge in [-0.05, 0) is 37.1 Å². The molecule has 2 fully saturated rings. The Bertz CT molecular complexity index is 316. The zero-order chi connectivity index (χ0) is 15.5. The van der Waals surface area contributed by atoms with Gasteiger partial charge >= 0.3 is 0 Å². The van der Waals surface area contributed by atoms with Gasteiger partial charge < -0.3 is 15.0 Å². The van der Waals surface area contributed by atoms with Crippen molar-refractivity contribution in [1.29, 1.82) is 0 Å². The van der Waals surface area contributed by atoms with Crippen LogP contribution in [0.3, 0.4) is 0 Å². The average Bonchev–Trinajstić information content (AvgIpc) is 2.86. The molecular formula is C18H36N2O. The number of nitrogens with one attached hydrogen (secondary N) is 1. The van der Waals surface area contributed by atoms with E-state index in [1.54, 1.807) is 0 Å². The highest BCUT2D eigenvalue weighted by atomic mass is 16.5. The van der Waals surface area contributed by atoms with E-state index in [9.17, 15) is 0 Å². The van der Waals surface area contributed by atoms with E-state index in [1.165, 1.54) is 38.9 Å². The minimum Gasteiger partial charge on any atom is -0.381 e. The minimum absolute atomic E-state index is 0.329. The van der Waals surface area contributed by atoms with Gasteiger partial charge in [-0.15, -0.1) is 0 Å². The summed E-state index contributed by atoms with van der Waals surface area (Å²) in [4.78, 5) is 2.70. The van der Waals surface area contributed by atoms with Crippen LogP contribution in [0.5, 0.6) is 0 Å². The second kappa shape index (κ2) is 6.97. The quantitative estimate of drug-likeness (QED) is 0.843. The average molecular weight is 296 g/mol. The summed E-state index contributed by atoms with van der Waals surface area (Å²) in [5.41, 5.74) is 0.774. The SMILES string of the molecule is CC(C)NCC1(CN2CCC(C(C)(C)C)C2)CCCOC1. The first-order chi connectivity index (χ1) is 9.81. The monoisotopic (exact) mass is 296 g/mol. The fraction of sp³-hybridized carbons (Fsp3) is 1.00. The van der Waals surface area contributed by atoms with Gasteiger partial charge in [-0.2, -0.15) is 0 Å². The fourth-order valence-corrected chi connectivity index (χ4v) is 3.81. The summed E-state index contributed by atoms with van der Waals surface area (Å²) in [6.45, 7) is 18.4. The van der Waals surface area contributed by atoms with Crippen molar-refractivity contribution in [3.63, 3.8) is 0 Å². The van der Waals surface area contributed by atoms with Crippen LogP contribution < -0.4 is 5.32 Å². The van der Waals surface area contributed by atoms with Crippen LogP contribution in [0.15, 0.2) is 0 Å². The molecule has 0 bridgehead atoms. The lowest BCUT2D eigenvalue weighted by Gasteiger charge is -2.41. The van der Waals surface area contributed by atoms with E-state index in [1.807, 2.05) is 0 Å². The molecule has 1 N–H and O–H groups in total. The summed E-state index contributed by atoms with van der Waals surface area (Å²) in [6, 6.07) is 0.560. The predicted octanol–water partition coefficient (Wildman–Crippen LogP) is 3.15. The topological polar surface area (TPSA) is 24.5 Å². The molecule has 0 saturated carbocycles. The molecule has 0 amide bonds. The van der Waals surface area contributed by atoms with Gasteiger partial charge in [0.05, 0.1) is 6.61 Å². The second-order valence-electron chi connectivity index (χ2n) is 8.78. The van der Waals surface area contributed by atoms with Gasteiger partial charge in [0, 0.05) is 37.7 Å². The lowest BCUT2D eigenvalue weighted by Crippen LogP contribution is -2.49. The van der Waals surface area contributed by atoms with Crippen LogP contribution >= 0.6 is 0 Å². The molecule has 0 radical (unpaired) electrons. The van der Waals surface area contributed by atoms with Crippen molar-refractivity contribution in [3.05, 3.63) is 0 Å². The van der Waals surface area contributed by atoms with Gasteiger partial charge in [-0.25, -0.2) is 0 Å². The van der Waals surface area contributed by atoms with E-state index in [0.29, 0.717) is 16.9 Å². The zero-order valence-corrected chi connectivity index (χ0v) is 14.9. The molecule has 124 valence electrons. The van der Waals surface area contributed by atoms with Crippen LogP contribution in [0.1, 0.15) is 53.9 Å². The summed E-state index contributed by atoms with van der Waals surface area (Å²) in [6.07, 6.45) is 3.89. The van der Waals surface area contributed by atoms with Crippen LogP contribution in [0, 0.1) is 16.7 Å². The van der Waals surface area contributed by atoms with Crippen LogP contribution in [0.25, 0.3) is 0 Å². The smallest absolute Gasteiger partial charge is 0.0546 e. The van der Waals surface area contributed by atoms with E-state index < -0.39 is 0 Å². The molecule has 2 aliphatic heterocycles. The van der Waals surface area contributed by atoms with Crippen molar-refractivity contribution < 1.29 is 4.74 Å². The summed E-state index contributed by atoms with van der Waals surface area (Å²) < 4.78 is 5.86. The van der Waals surface area contributed by atoms with E-state index in [2.05, 4.69) is 44.8 Å². The van der Waals surface area contributed by atoms with Crippen molar-refractivity contribution in [2.24, 2.45) is 16.7 Å². The van der Waals surface area contributed by atoms with Crippen molar-refractivity contribution in [1.82, 2.24) is 10.2 Å². The predicted molar refractivity (Wildman–Crippen MR) is 89.6 cm³/mol. The highest BCUT2D eigenvalue weighted by molar-refractivity contribution is 4.91. The third-order valence-electron chi connectivity index (χ3n) is 5.35. The van der Waals surface area contributed by atoms with E-state index in [0.717, 1.165) is 25.7 Å². The van der Waals surface area contributed by atoms with Gasteiger partial charge in [-0.1, -0.05) is 34.6 Å². The molecule has 2 atom stereocenters. The fourth-order valence-electron chi connectivity index (χ4n) is 3.81. The first-order valence-corrected chi connectivity index (χ1v) is 8.84. The maximum Gasteiger partial charge on any atom is 0.0546 e. The third kappa shape index (κ3) is 4.94. The summed E-state index contributed by atoms with van der Waals surface area (Å²) in [7, 11) is 0. The zero-order valence-electron chi connectivity index (χ0n) is 14.9.